The van der Waals surface area contributed by atoms with Crippen molar-refractivity contribution >= 4 is 18.1 Å². The number of aldehydes is 1. The van der Waals surface area contributed by atoms with Gasteiger partial charge in [0.2, 0.25) is 0 Å². The second kappa shape index (κ2) is 12.2. The average molecular weight is 498 g/mol. The number of rotatable bonds is 5. The lowest BCUT2D eigenvalue weighted by atomic mass is 9.83. The molecule has 1 saturated carbocycles. The number of carbonyl (C=O) groups is 1. The summed E-state index contributed by atoms with van der Waals surface area (Å²) in [5.41, 5.74) is 9.19. The Kier molecular flexibility index (Phi) is 9.26. The van der Waals surface area contributed by atoms with E-state index in [1.54, 1.807) is 13.0 Å². The molecule has 2 aromatic carbocycles. The Morgan fingerprint density at radius 1 is 1.06 bits per heavy atom. The Morgan fingerprint density at radius 2 is 1.69 bits per heavy atom. The van der Waals surface area contributed by atoms with Gasteiger partial charge in [0.05, 0.1) is 5.56 Å². The number of nitrogens with two attached hydrogens (primary N) is 1. The quantitative estimate of drug-likeness (QED) is 0.374. The van der Waals surface area contributed by atoms with Gasteiger partial charge in [-0.15, -0.1) is 0 Å². The van der Waals surface area contributed by atoms with Crippen LogP contribution in [0.25, 0.3) is 5.57 Å². The summed E-state index contributed by atoms with van der Waals surface area (Å²) in [4.78, 5) is 18.1. The van der Waals surface area contributed by atoms with Crippen LogP contribution in [-0.4, -0.2) is 31.5 Å². The lowest BCUT2D eigenvalue weighted by Crippen LogP contribution is -2.29. The third-order valence-electron chi connectivity index (χ3n) is 6.69. The van der Waals surface area contributed by atoms with E-state index in [0.717, 1.165) is 41.9 Å². The molecule has 192 valence electrons. The molecule has 0 radical (unpaired) electrons. The molecule has 0 amide bonds. The van der Waals surface area contributed by atoms with Crippen molar-refractivity contribution in [2.45, 2.75) is 51.6 Å². The number of carbonyl (C=O) groups excluding carboxylic acids is 1. The van der Waals surface area contributed by atoms with Crippen LogP contribution in [0.4, 0.5) is 13.2 Å². The summed E-state index contributed by atoms with van der Waals surface area (Å²) in [6.45, 7) is 1.77. The first-order chi connectivity index (χ1) is 17.3. The van der Waals surface area contributed by atoms with Gasteiger partial charge >= 0.3 is 6.18 Å². The fourth-order valence-corrected chi connectivity index (χ4v) is 5.03. The fraction of sp³-hybridized carbons (Fsp3) is 0.379. The number of hydrogen-bond acceptors (Lipinski definition) is 4. The predicted octanol–water partition coefficient (Wildman–Crippen LogP) is 6.61. The zero-order chi connectivity index (χ0) is 26.3. The molecule has 2 aromatic rings. The second-order valence-electron chi connectivity index (χ2n) is 9.15. The lowest BCUT2D eigenvalue weighted by molar-refractivity contribution is -0.137. The highest BCUT2D eigenvalue weighted by Crippen LogP contribution is 2.39. The van der Waals surface area contributed by atoms with Gasteiger partial charge < -0.3 is 10.6 Å². The van der Waals surface area contributed by atoms with E-state index in [-0.39, 0.29) is 0 Å². The largest absolute Gasteiger partial charge is 0.416 e. The van der Waals surface area contributed by atoms with Crippen LogP contribution in [-0.2, 0) is 17.4 Å². The van der Waals surface area contributed by atoms with E-state index in [9.17, 15) is 18.0 Å². The summed E-state index contributed by atoms with van der Waals surface area (Å²) in [6, 6.07) is 13.4. The Hall–Kier alpha value is -3.19. The zero-order valence-corrected chi connectivity index (χ0v) is 21.1. The van der Waals surface area contributed by atoms with Gasteiger partial charge in [-0.1, -0.05) is 61.7 Å². The first-order valence-corrected chi connectivity index (χ1v) is 12.3. The SMILES string of the molecule is C/C(C=O)=C1/N=CC(c2cccc(Cc3cccc(C(F)(F)F)c3)c2)=C(C2CCCCC2)N1C.CN. The van der Waals surface area contributed by atoms with Crippen LogP contribution >= 0.6 is 0 Å². The highest BCUT2D eigenvalue weighted by molar-refractivity contribution is 6.12. The van der Waals surface area contributed by atoms with E-state index < -0.39 is 11.7 Å². The number of hydrogen-bond donors (Lipinski definition) is 1. The normalized spacial score (nSPS) is 18.0. The highest BCUT2D eigenvalue weighted by Gasteiger charge is 2.31. The average Bonchev–Trinajstić information content (AvgIpc) is 2.89. The number of benzene rings is 2. The van der Waals surface area contributed by atoms with Crippen molar-refractivity contribution in [1.82, 2.24) is 4.90 Å². The Morgan fingerprint density at radius 3 is 2.33 bits per heavy atom. The molecule has 1 fully saturated rings. The molecular formula is C29H34F3N3O. The predicted molar refractivity (Wildman–Crippen MR) is 139 cm³/mol. The maximum Gasteiger partial charge on any atom is 0.416 e. The van der Waals surface area contributed by atoms with Gasteiger partial charge in [0.25, 0.3) is 0 Å². The number of nitrogens with zero attached hydrogens (tertiary/aromatic N) is 2. The van der Waals surface area contributed by atoms with Crippen LogP contribution in [0.2, 0.25) is 0 Å². The summed E-state index contributed by atoms with van der Waals surface area (Å²) >= 11 is 0. The molecule has 1 aliphatic heterocycles. The molecule has 4 rings (SSSR count). The maximum atomic E-state index is 13.1. The van der Waals surface area contributed by atoms with Crippen molar-refractivity contribution in [3.05, 3.63) is 87.9 Å². The minimum Gasteiger partial charge on any atom is -0.333 e. The fourth-order valence-electron chi connectivity index (χ4n) is 5.03. The van der Waals surface area contributed by atoms with Crippen LogP contribution in [0, 0.1) is 5.92 Å². The third kappa shape index (κ3) is 6.32. The number of allylic oxidation sites excluding steroid dienone is 3. The van der Waals surface area contributed by atoms with Crippen molar-refractivity contribution in [3.8, 4) is 0 Å². The van der Waals surface area contributed by atoms with Gasteiger partial charge in [-0.25, -0.2) is 4.99 Å². The van der Waals surface area contributed by atoms with Crippen molar-refractivity contribution in [2.24, 2.45) is 16.6 Å². The molecule has 7 heteroatoms. The summed E-state index contributed by atoms with van der Waals surface area (Å²) in [7, 11) is 3.47. The molecule has 2 N–H and O–H groups in total. The van der Waals surface area contributed by atoms with E-state index in [0.29, 0.717) is 29.3 Å². The Labute approximate surface area is 211 Å². The number of aliphatic imine (C=N–C) groups is 1. The van der Waals surface area contributed by atoms with Crippen molar-refractivity contribution in [3.63, 3.8) is 0 Å². The molecule has 0 unspecified atom stereocenters. The van der Waals surface area contributed by atoms with Crippen LogP contribution in [0.5, 0.6) is 0 Å². The summed E-state index contributed by atoms with van der Waals surface area (Å²) < 4.78 is 39.4. The molecule has 4 nitrogen and oxygen atoms in total. The van der Waals surface area contributed by atoms with Gasteiger partial charge in [-0.2, -0.15) is 13.2 Å². The van der Waals surface area contributed by atoms with E-state index in [4.69, 9.17) is 0 Å². The molecule has 0 atom stereocenters. The van der Waals surface area contributed by atoms with Gasteiger partial charge in [-0.05, 0) is 61.9 Å². The first-order valence-electron chi connectivity index (χ1n) is 12.3. The van der Waals surface area contributed by atoms with Gasteiger partial charge in [0.15, 0.2) is 0 Å². The highest BCUT2D eigenvalue weighted by atomic mass is 19.4. The molecule has 1 aliphatic carbocycles. The zero-order valence-electron chi connectivity index (χ0n) is 21.1. The summed E-state index contributed by atoms with van der Waals surface area (Å²) in [5.74, 6) is 1.04. The number of halogens is 3. The standard InChI is InChI=1S/C28H29F3N2O.CH5N/c1-19(18-34)27-32-17-25(26(33(27)2)22-10-4-3-5-11-22)23-12-6-8-20(15-23)14-21-9-7-13-24(16-21)28(29,30)31;1-2/h6-9,12-13,15-18,22H,3-5,10-11,14H2,1-2H3;2H2,1H3/b27-19+;. The second-order valence-corrected chi connectivity index (χ2v) is 9.15. The van der Waals surface area contributed by atoms with Gasteiger partial charge in [0.1, 0.15) is 12.1 Å². The van der Waals surface area contributed by atoms with Crippen LogP contribution in [0.3, 0.4) is 0 Å². The number of alkyl halides is 3. The van der Waals surface area contributed by atoms with Gasteiger partial charge in [0, 0.05) is 30.1 Å². The Bertz CT molecular complexity index is 1160. The van der Waals surface area contributed by atoms with E-state index >= 15 is 0 Å². The molecule has 0 spiro atoms. The Balaban J connectivity index is 0.00000176. The molecule has 1 heterocycles. The monoisotopic (exact) mass is 497 g/mol. The summed E-state index contributed by atoms with van der Waals surface area (Å²) in [5, 5.41) is 0. The van der Waals surface area contributed by atoms with Crippen LogP contribution < -0.4 is 5.73 Å². The van der Waals surface area contributed by atoms with Gasteiger partial charge in [-0.3, -0.25) is 4.79 Å². The van der Waals surface area contributed by atoms with Crippen molar-refractivity contribution in [1.29, 1.82) is 0 Å². The lowest BCUT2D eigenvalue weighted by Gasteiger charge is -2.36. The molecular weight excluding hydrogens is 463 g/mol. The minimum absolute atomic E-state index is 0.377. The van der Waals surface area contributed by atoms with E-state index in [2.05, 4.69) is 15.6 Å². The minimum atomic E-state index is -4.36. The molecule has 0 bridgehead atoms. The molecule has 0 aromatic heterocycles. The van der Waals surface area contributed by atoms with E-state index in [1.807, 2.05) is 37.5 Å². The maximum absolute atomic E-state index is 13.1. The molecule has 36 heavy (non-hydrogen) atoms. The van der Waals surface area contributed by atoms with Crippen molar-refractivity contribution in [2.75, 3.05) is 14.1 Å². The molecule has 0 saturated heterocycles. The van der Waals surface area contributed by atoms with Crippen LogP contribution in [0.1, 0.15) is 61.3 Å². The van der Waals surface area contributed by atoms with Crippen molar-refractivity contribution < 1.29 is 18.0 Å². The molecule has 2 aliphatic rings. The topological polar surface area (TPSA) is 58.7 Å². The van der Waals surface area contributed by atoms with Crippen LogP contribution in [0.15, 0.2) is 70.6 Å². The first kappa shape index (κ1) is 27.4. The van der Waals surface area contributed by atoms with E-state index in [1.165, 1.54) is 44.1 Å². The third-order valence-corrected chi connectivity index (χ3v) is 6.69. The summed E-state index contributed by atoms with van der Waals surface area (Å²) in [6.07, 6.45) is 4.50. The smallest absolute Gasteiger partial charge is 0.333 e.